The Balaban J connectivity index is 2.83. The second kappa shape index (κ2) is 5.21. The number of rotatable bonds is 5. The number of aryl methyl sites for hydroxylation is 2. The highest BCUT2D eigenvalue weighted by molar-refractivity contribution is 7.80. The third-order valence-corrected chi connectivity index (χ3v) is 2.76. The summed E-state index contributed by atoms with van der Waals surface area (Å²) in [7, 11) is 0. The van der Waals surface area contributed by atoms with E-state index in [4.69, 9.17) is 18.0 Å². The highest BCUT2D eigenvalue weighted by atomic mass is 32.1. The van der Waals surface area contributed by atoms with E-state index in [1.807, 2.05) is 11.6 Å². The van der Waals surface area contributed by atoms with Crippen molar-refractivity contribution in [1.82, 2.24) is 14.8 Å². The molecule has 1 aromatic rings. The summed E-state index contributed by atoms with van der Waals surface area (Å²) in [6, 6.07) is 0. The monoisotopic (exact) mass is 226 g/mol. The molecule has 5 heteroatoms. The fourth-order valence-corrected chi connectivity index (χ4v) is 1.41. The lowest BCUT2D eigenvalue weighted by Crippen LogP contribution is -2.24. The maximum absolute atomic E-state index is 5.58. The zero-order valence-electron chi connectivity index (χ0n) is 9.53. The molecule has 0 saturated heterocycles. The smallest absolute Gasteiger partial charge is 0.150 e. The lowest BCUT2D eigenvalue weighted by molar-refractivity contribution is 0.518. The van der Waals surface area contributed by atoms with Gasteiger partial charge in [0.1, 0.15) is 5.82 Å². The molecule has 84 valence electrons. The van der Waals surface area contributed by atoms with Crippen LogP contribution in [0.15, 0.2) is 0 Å². The summed E-state index contributed by atoms with van der Waals surface area (Å²) >= 11 is 4.95. The van der Waals surface area contributed by atoms with E-state index < -0.39 is 0 Å². The zero-order chi connectivity index (χ0) is 11.4. The lowest BCUT2D eigenvalue weighted by Gasteiger charge is -2.10. The number of hydrogen-bond acceptors (Lipinski definition) is 3. The van der Waals surface area contributed by atoms with E-state index in [0.29, 0.717) is 4.99 Å². The summed E-state index contributed by atoms with van der Waals surface area (Å²) in [5.41, 5.74) is 5.58. The first-order chi connectivity index (χ1) is 7.08. The van der Waals surface area contributed by atoms with Crippen molar-refractivity contribution in [2.45, 2.75) is 40.2 Å². The van der Waals surface area contributed by atoms with Gasteiger partial charge in [0.15, 0.2) is 5.82 Å². The molecule has 1 heterocycles. The molecule has 1 atom stereocenters. The van der Waals surface area contributed by atoms with Gasteiger partial charge in [0.2, 0.25) is 0 Å². The minimum absolute atomic E-state index is 0.164. The summed E-state index contributed by atoms with van der Waals surface area (Å²) in [4.78, 5) is 4.96. The molecule has 0 fully saturated rings. The van der Waals surface area contributed by atoms with Crippen molar-refractivity contribution in [2.24, 2.45) is 11.7 Å². The summed E-state index contributed by atoms with van der Waals surface area (Å²) in [5.74, 6) is 2.06. The van der Waals surface area contributed by atoms with E-state index >= 15 is 0 Å². The molecular formula is C10H18N4S. The standard InChI is InChI=1S/C10H18N4S/c1-4-8-12-9(5-2)14(13-8)6-7(3)10(11)15/h7H,4-6H2,1-3H3,(H2,11,15). The van der Waals surface area contributed by atoms with Gasteiger partial charge in [-0.05, 0) is 0 Å². The van der Waals surface area contributed by atoms with Crippen LogP contribution in [0.3, 0.4) is 0 Å². The van der Waals surface area contributed by atoms with Crippen molar-refractivity contribution in [1.29, 1.82) is 0 Å². The lowest BCUT2D eigenvalue weighted by atomic mass is 10.2. The Bertz CT molecular complexity index is 345. The van der Waals surface area contributed by atoms with Gasteiger partial charge in [-0.15, -0.1) is 0 Å². The first-order valence-electron chi connectivity index (χ1n) is 5.30. The van der Waals surface area contributed by atoms with Gasteiger partial charge in [0.05, 0.1) is 11.5 Å². The van der Waals surface area contributed by atoms with Crippen LogP contribution in [0, 0.1) is 5.92 Å². The van der Waals surface area contributed by atoms with Gasteiger partial charge in [0, 0.05) is 18.8 Å². The zero-order valence-corrected chi connectivity index (χ0v) is 10.3. The third-order valence-electron chi connectivity index (χ3n) is 2.36. The Morgan fingerprint density at radius 2 is 2.13 bits per heavy atom. The SMILES string of the molecule is CCc1nc(CC)n(CC(C)C(N)=S)n1. The largest absolute Gasteiger partial charge is 0.393 e. The average molecular weight is 226 g/mol. The summed E-state index contributed by atoms with van der Waals surface area (Å²) in [5, 5.41) is 4.41. The molecule has 0 aliphatic rings. The molecule has 1 aromatic heterocycles. The van der Waals surface area contributed by atoms with Crippen LogP contribution in [0.2, 0.25) is 0 Å². The van der Waals surface area contributed by atoms with Crippen LogP contribution in [0.4, 0.5) is 0 Å². The predicted molar refractivity (Wildman–Crippen MR) is 64.7 cm³/mol. The molecule has 0 amide bonds. The van der Waals surface area contributed by atoms with Gasteiger partial charge in [0.25, 0.3) is 0 Å². The van der Waals surface area contributed by atoms with Gasteiger partial charge in [-0.2, -0.15) is 5.10 Å². The van der Waals surface area contributed by atoms with Crippen LogP contribution in [0.5, 0.6) is 0 Å². The number of nitrogens with zero attached hydrogens (tertiary/aromatic N) is 3. The van der Waals surface area contributed by atoms with E-state index in [1.165, 1.54) is 0 Å². The van der Waals surface area contributed by atoms with Gasteiger partial charge in [-0.1, -0.05) is 33.0 Å². The first-order valence-corrected chi connectivity index (χ1v) is 5.71. The minimum atomic E-state index is 0.164. The quantitative estimate of drug-likeness (QED) is 0.769. The van der Waals surface area contributed by atoms with Crippen molar-refractivity contribution >= 4 is 17.2 Å². The Hall–Kier alpha value is -0.970. The fourth-order valence-electron chi connectivity index (χ4n) is 1.33. The molecule has 0 saturated carbocycles. The van der Waals surface area contributed by atoms with E-state index in [-0.39, 0.29) is 5.92 Å². The molecule has 0 aliphatic heterocycles. The summed E-state index contributed by atoms with van der Waals surface area (Å²) in [6.45, 7) is 6.86. The Morgan fingerprint density at radius 1 is 1.47 bits per heavy atom. The molecule has 0 spiro atoms. The molecular weight excluding hydrogens is 208 g/mol. The predicted octanol–water partition coefficient (Wildman–Crippen LogP) is 1.33. The van der Waals surface area contributed by atoms with Crippen LogP contribution >= 0.6 is 12.2 Å². The highest BCUT2D eigenvalue weighted by Gasteiger charge is 2.11. The maximum atomic E-state index is 5.58. The van der Waals surface area contributed by atoms with Gasteiger partial charge in [-0.3, -0.25) is 0 Å². The molecule has 0 aliphatic carbocycles. The van der Waals surface area contributed by atoms with E-state index in [2.05, 4.69) is 23.9 Å². The molecule has 0 aromatic carbocycles. The van der Waals surface area contributed by atoms with Crippen molar-refractivity contribution in [2.75, 3.05) is 0 Å². The number of thiocarbonyl (C=S) groups is 1. The second-order valence-corrected chi connectivity index (χ2v) is 4.11. The first kappa shape index (κ1) is 12.1. The number of aromatic nitrogens is 3. The van der Waals surface area contributed by atoms with Crippen molar-refractivity contribution < 1.29 is 0 Å². The van der Waals surface area contributed by atoms with Crippen molar-refractivity contribution in [3.05, 3.63) is 11.6 Å². The maximum Gasteiger partial charge on any atom is 0.150 e. The topological polar surface area (TPSA) is 56.7 Å². The normalized spacial score (nSPS) is 12.7. The molecule has 2 N–H and O–H groups in total. The van der Waals surface area contributed by atoms with Gasteiger partial charge < -0.3 is 5.73 Å². The van der Waals surface area contributed by atoms with Crippen LogP contribution in [0.25, 0.3) is 0 Å². The van der Waals surface area contributed by atoms with E-state index in [1.54, 1.807) is 0 Å². The Kier molecular flexibility index (Phi) is 4.20. The van der Waals surface area contributed by atoms with Crippen LogP contribution in [-0.4, -0.2) is 19.8 Å². The Morgan fingerprint density at radius 3 is 2.60 bits per heavy atom. The van der Waals surface area contributed by atoms with Gasteiger partial charge >= 0.3 is 0 Å². The van der Waals surface area contributed by atoms with E-state index in [9.17, 15) is 0 Å². The third kappa shape index (κ3) is 2.99. The van der Waals surface area contributed by atoms with Crippen LogP contribution < -0.4 is 5.73 Å². The number of hydrogen-bond donors (Lipinski definition) is 1. The fraction of sp³-hybridized carbons (Fsp3) is 0.700. The molecule has 1 rings (SSSR count). The minimum Gasteiger partial charge on any atom is -0.393 e. The van der Waals surface area contributed by atoms with Crippen LogP contribution in [-0.2, 0) is 19.4 Å². The van der Waals surface area contributed by atoms with Crippen molar-refractivity contribution in [3.8, 4) is 0 Å². The average Bonchev–Trinajstić information content (AvgIpc) is 2.60. The van der Waals surface area contributed by atoms with Gasteiger partial charge in [-0.25, -0.2) is 9.67 Å². The summed E-state index contributed by atoms with van der Waals surface area (Å²) < 4.78 is 1.92. The molecule has 0 bridgehead atoms. The Labute approximate surface area is 95.9 Å². The number of nitrogens with two attached hydrogens (primary N) is 1. The molecule has 0 radical (unpaired) electrons. The molecule has 1 unspecified atom stereocenters. The van der Waals surface area contributed by atoms with Crippen molar-refractivity contribution in [3.63, 3.8) is 0 Å². The second-order valence-electron chi connectivity index (χ2n) is 3.64. The molecule has 4 nitrogen and oxygen atoms in total. The van der Waals surface area contributed by atoms with E-state index in [0.717, 1.165) is 31.0 Å². The molecule has 15 heavy (non-hydrogen) atoms. The van der Waals surface area contributed by atoms with Crippen LogP contribution in [0.1, 0.15) is 32.4 Å². The summed E-state index contributed by atoms with van der Waals surface area (Å²) in [6.07, 6.45) is 1.75. The highest BCUT2D eigenvalue weighted by Crippen LogP contribution is 2.06.